The van der Waals surface area contributed by atoms with Crippen molar-refractivity contribution in [2.24, 2.45) is 0 Å². The highest BCUT2D eigenvalue weighted by Gasteiger charge is 2.25. The SMILES string of the molecule is CCc1ccc(S(=O)(=O)NCC(c2cccc(F)c2)N2CCOCC2)cc1. The van der Waals surface area contributed by atoms with Crippen molar-refractivity contribution < 1.29 is 17.5 Å². The third kappa shape index (κ3) is 5.13. The monoisotopic (exact) mass is 392 g/mol. The molecule has 0 amide bonds. The second kappa shape index (κ2) is 8.93. The number of nitrogens with zero attached hydrogens (tertiary/aromatic N) is 1. The van der Waals surface area contributed by atoms with Crippen LogP contribution in [-0.4, -0.2) is 46.2 Å². The van der Waals surface area contributed by atoms with Crippen LogP contribution >= 0.6 is 0 Å². The molecule has 3 rings (SSSR count). The van der Waals surface area contributed by atoms with Crippen LogP contribution in [0, 0.1) is 5.82 Å². The van der Waals surface area contributed by atoms with Crippen molar-refractivity contribution >= 4 is 10.0 Å². The maximum absolute atomic E-state index is 13.7. The van der Waals surface area contributed by atoms with E-state index in [2.05, 4.69) is 9.62 Å². The number of rotatable bonds is 7. The number of morpholine rings is 1. The predicted octanol–water partition coefficient (Wildman–Crippen LogP) is 2.74. The van der Waals surface area contributed by atoms with Gasteiger partial charge in [-0.1, -0.05) is 31.2 Å². The number of aryl methyl sites for hydroxylation is 1. The van der Waals surface area contributed by atoms with Crippen molar-refractivity contribution in [1.29, 1.82) is 0 Å². The molecule has 1 aliphatic rings. The normalized spacial score (nSPS) is 17.0. The molecule has 2 aromatic carbocycles. The molecule has 146 valence electrons. The van der Waals surface area contributed by atoms with Gasteiger partial charge in [0.25, 0.3) is 0 Å². The molecule has 1 N–H and O–H groups in total. The minimum Gasteiger partial charge on any atom is -0.379 e. The molecule has 0 spiro atoms. The lowest BCUT2D eigenvalue weighted by Gasteiger charge is -2.34. The molecular formula is C20H25FN2O3S. The second-order valence-electron chi connectivity index (χ2n) is 6.57. The van der Waals surface area contributed by atoms with E-state index in [1.165, 1.54) is 12.1 Å². The highest BCUT2D eigenvalue weighted by atomic mass is 32.2. The largest absolute Gasteiger partial charge is 0.379 e. The fourth-order valence-corrected chi connectivity index (χ4v) is 4.28. The Labute approximate surface area is 160 Å². The number of benzene rings is 2. The lowest BCUT2D eigenvalue weighted by atomic mass is 10.0. The van der Waals surface area contributed by atoms with E-state index in [1.54, 1.807) is 18.2 Å². The van der Waals surface area contributed by atoms with Crippen LogP contribution in [0.4, 0.5) is 4.39 Å². The van der Waals surface area contributed by atoms with Crippen molar-refractivity contribution in [3.8, 4) is 0 Å². The molecule has 0 aliphatic carbocycles. The second-order valence-corrected chi connectivity index (χ2v) is 8.34. The van der Waals surface area contributed by atoms with E-state index in [0.717, 1.165) is 17.5 Å². The topological polar surface area (TPSA) is 58.6 Å². The Morgan fingerprint density at radius 1 is 1.15 bits per heavy atom. The fourth-order valence-electron chi connectivity index (χ4n) is 3.24. The molecule has 1 fully saturated rings. The number of hydrogen-bond donors (Lipinski definition) is 1. The van der Waals surface area contributed by atoms with Gasteiger partial charge in [0.15, 0.2) is 0 Å². The molecule has 0 saturated carbocycles. The average Bonchev–Trinajstić information content (AvgIpc) is 2.69. The van der Waals surface area contributed by atoms with Gasteiger partial charge in [-0.25, -0.2) is 17.5 Å². The molecule has 27 heavy (non-hydrogen) atoms. The molecule has 1 aliphatic heterocycles. The van der Waals surface area contributed by atoms with Crippen molar-refractivity contribution in [3.63, 3.8) is 0 Å². The van der Waals surface area contributed by atoms with Gasteiger partial charge >= 0.3 is 0 Å². The Bertz CT molecular complexity index is 850. The molecule has 5 nitrogen and oxygen atoms in total. The molecule has 0 radical (unpaired) electrons. The van der Waals surface area contributed by atoms with Crippen molar-refractivity contribution in [2.45, 2.75) is 24.3 Å². The number of ether oxygens (including phenoxy) is 1. The molecule has 1 unspecified atom stereocenters. The van der Waals surface area contributed by atoms with Gasteiger partial charge in [-0.05, 0) is 41.8 Å². The summed E-state index contributed by atoms with van der Waals surface area (Å²) in [6, 6.07) is 12.9. The first-order valence-corrected chi connectivity index (χ1v) is 10.6. The Morgan fingerprint density at radius 2 is 1.85 bits per heavy atom. The quantitative estimate of drug-likeness (QED) is 0.787. The highest BCUT2D eigenvalue weighted by Crippen LogP contribution is 2.23. The van der Waals surface area contributed by atoms with Crippen LogP contribution in [0.1, 0.15) is 24.1 Å². The first-order chi connectivity index (χ1) is 13.0. The van der Waals surface area contributed by atoms with Crippen LogP contribution in [0.3, 0.4) is 0 Å². The number of halogens is 1. The van der Waals surface area contributed by atoms with Crippen molar-refractivity contribution in [2.75, 3.05) is 32.8 Å². The Hall–Kier alpha value is -1.80. The summed E-state index contributed by atoms with van der Waals surface area (Å²) in [6.07, 6.45) is 0.854. The average molecular weight is 392 g/mol. The summed E-state index contributed by atoms with van der Waals surface area (Å²) in [7, 11) is -3.64. The molecule has 2 aromatic rings. The molecule has 1 heterocycles. The van der Waals surface area contributed by atoms with Crippen LogP contribution in [-0.2, 0) is 21.2 Å². The van der Waals surface area contributed by atoms with E-state index >= 15 is 0 Å². The first kappa shape index (κ1) is 19.9. The van der Waals surface area contributed by atoms with Crippen molar-refractivity contribution in [3.05, 3.63) is 65.5 Å². The molecule has 0 aromatic heterocycles. The summed E-state index contributed by atoms with van der Waals surface area (Å²) in [5.41, 5.74) is 1.83. The molecule has 0 bridgehead atoms. The van der Waals surface area contributed by atoms with E-state index in [0.29, 0.717) is 26.3 Å². The van der Waals surface area contributed by atoms with Crippen LogP contribution in [0.15, 0.2) is 53.4 Å². The molecule has 1 atom stereocenters. The van der Waals surface area contributed by atoms with Gasteiger partial charge in [-0.15, -0.1) is 0 Å². The lowest BCUT2D eigenvalue weighted by Crippen LogP contribution is -2.43. The smallest absolute Gasteiger partial charge is 0.240 e. The Balaban J connectivity index is 1.78. The maximum Gasteiger partial charge on any atom is 0.240 e. The predicted molar refractivity (Wildman–Crippen MR) is 103 cm³/mol. The zero-order valence-electron chi connectivity index (χ0n) is 15.4. The van der Waals surface area contributed by atoms with Crippen LogP contribution in [0.25, 0.3) is 0 Å². The number of sulfonamides is 1. The minimum atomic E-state index is -3.64. The molecule has 7 heteroatoms. The standard InChI is InChI=1S/C20H25FN2O3S/c1-2-16-6-8-19(9-7-16)27(24,25)22-15-20(23-10-12-26-13-11-23)17-4-3-5-18(21)14-17/h3-9,14,20,22H,2,10-13,15H2,1H3. The fraction of sp³-hybridized carbons (Fsp3) is 0.400. The van der Waals surface area contributed by atoms with Crippen LogP contribution < -0.4 is 4.72 Å². The third-order valence-electron chi connectivity index (χ3n) is 4.83. The van der Waals surface area contributed by atoms with E-state index in [9.17, 15) is 12.8 Å². The van der Waals surface area contributed by atoms with E-state index in [4.69, 9.17) is 4.74 Å². The zero-order valence-corrected chi connectivity index (χ0v) is 16.2. The minimum absolute atomic E-state index is 0.168. The van der Waals surface area contributed by atoms with Gasteiger partial charge in [0, 0.05) is 25.7 Å². The summed E-state index contributed by atoms with van der Waals surface area (Å²) in [5.74, 6) is -0.330. The van der Waals surface area contributed by atoms with Crippen LogP contribution in [0.2, 0.25) is 0 Å². The molecule has 1 saturated heterocycles. The summed E-state index contributed by atoms with van der Waals surface area (Å²) >= 11 is 0. The first-order valence-electron chi connectivity index (χ1n) is 9.15. The van der Waals surface area contributed by atoms with E-state index in [-0.39, 0.29) is 23.3 Å². The van der Waals surface area contributed by atoms with Gasteiger partial charge in [0.1, 0.15) is 5.82 Å². The van der Waals surface area contributed by atoms with Crippen molar-refractivity contribution in [1.82, 2.24) is 9.62 Å². The third-order valence-corrected chi connectivity index (χ3v) is 6.27. The lowest BCUT2D eigenvalue weighted by molar-refractivity contribution is 0.0171. The van der Waals surface area contributed by atoms with Gasteiger partial charge < -0.3 is 4.74 Å². The Kier molecular flexibility index (Phi) is 6.59. The molecular weight excluding hydrogens is 367 g/mol. The van der Waals surface area contributed by atoms with Gasteiger partial charge in [0.05, 0.1) is 18.1 Å². The summed E-state index contributed by atoms with van der Waals surface area (Å²) in [5, 5.41) is 0. The summed E-state index contributed by atoms with van der Waals surface area (Å²) in [4.78, 5) is 2.36. The van der Waals surface area contributed by atoms with E-state index < -0.39 is 10.0 Å². The summed E-state index contributed by atoms with van der Waals surface area (Å²) in [6.45, 7) is 4.70. The van der Waals surface area contributed by atoms with Gasteiger partial charge in [-0.2, -0.15) is 0 Å². The highest BCUT2D eigenvalue weighted by molar-refractivity contribution is 7.89. The number of nitrogens with one attached hydrogen (secondary N) is 1. The summed E-state index contributed by atoms with van der Waals surface area (Å²) < 4.78 is 47.2. The zero-order chi connectivity index (χ0) is 19.3. The Morgan fingerprint density at radius 3 is 2.48 bits per heavy atom. The van der Waals surface area contributed by atoms with Gasteiger partial charge in [0.2, 0.25) is 10.0 Å². The van der Waals surface area contributed by atoms with Crippen LogP contribution in [0.5, 0.6) is 0 Å². The van der Waals surface area contributed by atoms with E-state index in [1.807, 2.05) is 25.1 Å². The number of hydrogen-bond acceptors (Lipinski definition) is 4. The maximum atomic E-state index is 13.7. The van der Waals surface area contributed by atoms with Gasteiger partial charge in [-0.3, -0.25) is 4.90 Å².